The van der Waals surface area contributed by atoms with Crippen LogP contribution in [0.3, 0.4) is 0 Å². The summed E-state index contributed by atoms with van der Waals surface area (Å²) < 4.78 is 0. The molecule has 2 aromatic rings. The molecule has 0 amide bonds. The van der Waals surface area contributed by atoms with E-state index in [0.717, 1.165) is 24.3 Å². The third kappa shape index (κ3) is 7.04. The molecule has 2 heteroatoms. The second-order valence-corrected chi connectivity index (χ2v) is 6.55. The average Bonchev–Trinajstić information content (AvgIpc) is 2.65. The van der Waals surface area contributed by atoms with Crippen molar-refractivity contribution in [2.24, 2.45) is 0 Å². The van der Waals surface area contributed by atoms with Crippen molar-refractivity contribution in [1.29, 1.82) is 0 Å². The molecular weight excluding hydrogens is 304 g/mol. The third-order valence-electron chi connectivity index (χ3n) is 4.40. The van der Waals surface area contributed by atoms with Crippen molar-refractivity contribution in [1.82, 2.24) is 0 Å². The maximum atomic E-state index is 3.81. The van der Waals surface area contributed by atoms with Crippen LogP contribution in [-0.4, -0.2) is 6.54 Å². The predicted molar refractivity (Wildman–Crippen MR) is 112 cm³/mol. The van der Waals surface area contributed by atoms with Gasteiger partial charge in [-0.25, -0.2) is 0 Å². The van der Waals surface area contributed by atoms with Gasteiger partial charge in [0, 0.05) is 23.6 Å². The van der Waals surface area contributed by atoms with E-state index < -0.39 is 0 Å². The van der Waals surface area contributed by atoms with E-state index in [1.54, 1.807) is 0 Å². The van der Waals surface area contributed by atoms with Gasteiger partial charge in [-0.1, -0.05) is 63.3 Å². The minimum atomic E-state index is 0.801. The summed E-state index contributed by atoms with van der Waals surface area (Å²) in [5.74, 6) is 0. The van der Waals surface area contributed by atoms with Gasteiger partial charge in [0.15, 0.2) is 0 Å². The lowest BCUT2D eigenvalue weighted by Crippen LogP contribution is -2.03. The number of aryl methyl sites for hydroxylation is 1. The van der Waals surface area contributed by atoms with Gasteiger partial charge in [0.25, 0.3) is 0 Å². The van der Waals surface area contributed by atoms with Crippen LogP contribution in [0.1, 0.15) is 51.0 Å². The van der Waals surface area contributed by atoms with Gasteiger partial charge in [0.05, 0.1) is 0 Å². The molecule has 0 saturated carbocycles. The van der Waals surface area contributed by atoms with E-state index in [2.05, 4.69) is 66.6 Å². The maximum absolute atomic E-state index is 3.81. The van der Waals surface area contributed by atoms with Gasteiger partial charge in [0.1, 0.15) is 0 Å². The van der Waals surface area contributed by atoms with E-state index in [1.807, 2.05) is 12.1 Å². The Morgan fingerprint density at radius 2 is 1.64 bits per heavy atom. The van der Waals surface area contributed by atoms with Gasteiger partial charge in [-0.15, -0.1) is 6.58 Å². The number of unbranched alkanes of at least 4 members (excludes halogenated alkanes) is 5. The first-order valence-electron chi connectivity index (χ1n) is 9.63. The van der Waals surface area contributed by atoms with Gasteiger partial charge < -0.3 is 10.6 Å². The number of anilines is 3. The molecule has 2 N–H and O–H groups in total. The summed E-state index contributed by atoms with van der Waals surface area (Å²) in [6.45, 7) is 6.88. The summed E-state index contributed by atoms with van der Waals surface area (Å²) in [6.07, 6.45) is 11.0. The lowest BCUT2D eigenvalue weighted by Gasteiger charge is -2.14. The highest BCUT2D eigenvalue weighted by atomic mass is 14.9. The zero-order valence-corrected chi connectivity index (χ0v) is 15.6. The molecule has 0 radical (unpaired) electrons. The standard InChI is InChI=1S/C23H32N2/c1-3-5-6-7-8-10-13-20-19-22(16-17-23(20)24-18-4-2)25-21-14-11-9-12-15-21/h4,9,11-12,14-17,19,24-25H,2-3,5-8,10,13,18H2,1H3. The molecule has 0 spiro atoms. The van der Waals surface area contributed by atoms with Crippen molar-refractivity contribution in [3.05, 3.63) is 66.7 Å². The Labute approximate surface area is 153 Å². The Hall–Kier alpha value is -2.22. The first-order chi connectivity index (χ1) is 12.3. The van der Waals surface area contributed by atoms with Gasteiger partial charge in [-0.3, -0.25) is 0 Å². The molecule has 0 atom stereocenters. The van der Waals surface area contributed by atoms with E-state index in [4.69, 9.17) is 0 Å². The molecule has 0 aliphatic heterocycles. The average molecular weight is 337 g/mol. The monoisotopic (exact) mass is 336 g/mol. The number of para-hydroxylation sites is 1. The van der Waals surface area contributed by atoms with Gasteiger partial charge >= 0.3 is 0 Å². The fraction of sp³-hybridized carbons (Fsp3) is 0.391. The third-order valence-corrected chi connectivity index (χ3v) is 4.40. The number of benzene rings is 2. The van der Waals surface area contributed by atoms with Gasteiger partial charge in [-0.05, 0) is 48.7 Å². The molecule has 2 aromatic carbocycles. The summed E-state index contributed by atoms with van der Waals surface area (Å²) in [5, 5.41) is 6.97. The van der Waals surface area contributed by atoms with Crippen molar-refractivity contribution in [2.75, 3.05) is 17.2 Å². The van der Waals surface area contributed by atoms with E-state index in [0.29, 0.717) is 0 Å². The van der Waals surface area contributed by atoms with E-state index in [-0.39, 0.29) is 0 Å². The molecule has 2 rings (SSSR count). The van der Waals surface area contributed by atoms with Crippen LogP contribution in [-0.2, 0) is 6.42 Å². The van der Waals surface area contributed by atoms with Crippen LogP contribution in [0, 0.1) is 0 Å². The number of rotatable bonds is 12. The van der Waals surface area contributed by atoms with Gasteiger partial charge in [0.2, 0.25) is 0 Å². The second kappa shape index (κ2) is 11.4. The van der Waals surface area contributed by atoms with Crippen LogP contribution in [0.4, 0.5) is 17.1 Å². The molecule has 0 aliphatic rings. The first kappa shape index (κ1) is 19.1. The lowest BCUT2D eigenvalue weighted by molar-refractivity contribution is 0.608. The molecule has 134 valence electrons. The Bertz CT molecular complexity index is 619. The van der Waals surface area contributed by atoms with E-state index in [9.17, 15) is 0 Å². The zero-order valence-electron chi connectivity index (χ0n) is 15.6. The Kier molecular flexibility index (Phi) is 8.68. The lowest BCUT2D eigenvalue weighted by atomic mass is 10.0. The molecule has 0 saturated heterocycles. The molecule has 0 fully saturated rings. The van der Waals surface area contributed by atoms with Crippen LogP contribution < -0.4 is 10.6 Å². The SMILES string of the molecule is C=CCNc1ccc(Nc2ccccc2)cc1CCCCCCCC. The summed E-state index contributed by atoms with van der Waals surface area (Å²) in [6, 6.07) is 16.9. The normalized spacial score (nSPS) is 10.4. The van der Waals surface area contributed by atoms with Crippen molar-refractivity contribution in [3.8, 4) is 0 Å². The van der Waals surface area contributed by atoms with Crippen LogP contribution in [0.15, 0.2) is 61.2 Å². The van der Waals surface area contributed by atoms with E-state index >= 15 is 0 Å². The first-order valence-corrected chi connectivity index (χ1v) is 9.63. The highest BCUT2D eigenvalue weighted by Crippen LogP contribution is 2.25. The zero-order chi connectivity index (χ0) is 17.7. The summed E-state index contributed by atoms with van der Waals surface area (Å²) in [4.78, 5) is 0. The van der Waals surface area contributed by atoms with Crippen LogP contribution in [0.2, 0.25) is 0 Å². The largest absolute Gasteiger partial charge is 0.381 e. The van der Waals surface area contributed by atoms with Crippen molar-refractivity contribution in [3.63, 3.8) is 0 Å². The quantitative estimate of drug-likeness (QED) is 0.324. The maximum Gasteiger partial charge on any atom is 0.0388 e. The number of nitrogens with one attached hydrogen (secondary N) is 2. The molecule has 0 unspecified atom stereocenters. The summed E-state index contributed by atoms with van der Waals surface area (Å²) >= 11 is 0. The fourth-order valence-electron chi connectivity index (χ4n) is 3.02. The minimum Gasteiger partial charge on any atom is -0.381 e. The minimum absolute atomic E-state index is 0.801. The summed E-state index contributed by atoms with van der Waals surface area (Å²) in [5.41, 5.74) is 4.89. The van der Waals surface area contributed by atoms with E-state index in [1.165, 1.54) is 49.8 Å². The van der Waals surface area contributed by atoms with Crippen LogP contribution >= 0.6 is 0 Å². The van der Waals surface area contributed by atoms with Crippen molar-refractivity contribution in [2.45, 2.75) is 51.9 Å². The molecule has 0 bridgehead atoms. The Morgan fingerprint density at radius 3 is 2.40 bits per heavy atom. The highest BCUT2D eigenvalue weighted by molar-refractivity contribution is 5.65. The predicted octanol–water partition coefficient (Wildman–Crippen LogP) is 6.93. The van der Waals surface area contributed by atoms with Gasteiger partial charge in [-0.2, -0.15) is 0 Å². The highest BCUT2D eigenvalue weighted by Gasteiger charge is 2.04. The Morgan fingerprint density at radius 1 is 0.880 bits per heavy atom. The van der Waals surface area contributed by atoms with Crippen LogP contribution in [0.25, 0.3) is 0 Å². The topological polar surface area (TPSA) is 24.1 Å². The molecular formula is C23H32N2. The molecule has 25 heavy (non-hydrogen) atoms. The number of hydrogen-bond acceptors (Lipinski definition) is 2. The molecule has 2 nitrogen and oxygen atoms in total. The summed E-state index contributed by atoms with van der Waals surface area (Å²) in [7, 11) is 0. The molecule has 0 heterocycles. The second-order valence-electron chi connectivity index (χ2n) is 6.55. The van der Waals surface area contributed by atoms with Crippen molar-refractivity contribution < 1.29 is 0 Å². The number of hydrogen-bond donors (Lipinski definition) is 2. The Balaban J connectivity index is 1.99. The van der Waals surface area contributed by atoms with Crippen LogP contribution in [0.5, 0.6) is 0 Å². The fourth-order valence-corrected chi connectivity index (χ4v) is 3.02. The van der Waals surface area contributed by atoms with Crippen molar-refractivity contribution >= 4 is 17.1 Å². The smallest absolute Gasteiger partial charge is 0.0388 e. The molecule has 0 aliphatic carbocycles. The molecule has 0 aromatic heterocycles.